The molecule has 0 saturated carbocycles. The van der Waals surface area contributed by atoms with E-state index < -0.39 is 0 Å². The summed E-state index contributed by atoms with van der Waals surface area (Å²) in [6.07, 6.45) is 6.12. The average Bonchev–Trinajstić information content (AvgIpc) is 2.97. The van der Waals surface area contributed by atoms with Crippen molar-refractivity contribution in [2.45, 2.75) is 32.1 Å². The van der Waals surface area contributed by atoms with E-state index in [0.29, 0.717) is 0 Å². The maximum Gasteiger partial charge on any atom is 0.254 e. The number of nitrogens with zero attached hydrogens (tertiary/aromatic N) is 2. The third kappa shape index (κ3) is 4.73. The number of carbonyl (C=O) groups excluding carboxylic acids is 1. The van der Waals surface area contributed by atoms with Crippen molar-refractivity contribution < 1.29 is 9.18 Å². The van der Waals surface area contributed by atoms with Crippen molar-refractivity contribution in [3.05, 3.63) is 59.4 Å². The van der Waals surface area contributed by atoms with Gasteiger partial charge in [0, 0.05) is 25.2 Å². The van der Waals surface area contributed by atoms with Crippen molar-refractivity contribution in [1.29, 1.82) is 0 Å². The van der Waals surface area contributed by atoms with Gasteiger partial charge in [-0.2, -0.15) is 0 Å². The number of hydrogen-bond acceptors (Lipinski definition) is 2. The first kappa shape index (κ1) is 20.8. The van der Waals surface area contributed by atoms with E-state index in [1.165, 1.54) is 50.9 Å². The zero-order valence-electron chi connectivity index (χ0n) is 16.2. The molecule has 2 aromatic carbocycles. The Bertz CT molecular complexity index is 801. The molecule has 5 heteroatoms. The molecule has 0 spiro atoms. The zero-order valence-corrected chi connectivity index (χ0v) is 17.0. The minimum atomic E-state index is -0.230. The quantitative estimate of drug-likeness (QED) is 0.734. The second kappa shape index (κ2) is 9.53. The van der Waals surface area contributed by atoms with E-state index in [1.54, 1.807) is 12.1 Å². The van der Waals surface area contributed by atoms with Crippen molar-refractivity contribution in [2.24, 2.45) is 0 Å². The number of hydrogen-bond donors (Lipinski definition) is 0. The zero-order chi connectivity index (χ0) is 18.6. The van der Waals surface area contributed by atoms with Crippen LogP contribution in [0, 0.1) is 5.82 Å². The van der Waals surface area contributed by atoms with Crippen LogP contribution in [0.15, 0.2) is 42.5 Å². The molecule has 28 heavy (non-hydrogen) atoms. The molecule has 150 valence electrons. The van der Waals surface area contributed by atoms with E-state index in [1.807, 2.05) is 17.0 Å². The third-order valence-corrected chi connectivity index (χ3v) is 5.84. The van der Waals surface area contributed by atoms with Crippen molar-refractivity contribution in [1.82, 2.24) is 9.80 Å². The first-order chi connectivity index (χ1) is 13.2. The van der Waals surface area contributed by atoms with E-state index in [9.17, 15) is 9.18 Å². The summed E-state index contributed by atoms with van der Waals surface area (Å²) in [6, 6.07) is 12.5. The molecule has 1 fully saturated rings. The fourth-order valence-electron chi connectivity index (χ4n) is 4.19. The molecule has 1 saturated heterocycles. The molecular weight excluding hydrogens is 375 g/mol. The van der Waals surface area contributed by atoms with Crippen LogP contribution in [-0.2, 0) is 6.42 Å². The third-order valence-electron chi connectivity index (χ3n) is 5.84. The van der Waals surface area contributed by atoms with Gasteiger partial charge in [0.15, 0.2) is 0 Å². The summed E-state index contributed by atoms with van der Waals surface area (Å²) in [5.74, 6) is -0.0799. The van der Waals surface area contributed by atoms with Crippen LogP contribution in [0.2, 0.25) is 0 Å². The predicted octanol–water partition coefficient (Wildman–Crippen LogP) is 4.79. The lowest BCUT2D eigenvalue weighted by Crippen LogP contribution is -2.42. The molecule has 2 aromatic rings. The Morgan fingerprint density at radius 3 is 2.21 bits per heavy atom. The summed E-state index contributed by atoms with van der Waals surface area (Å²) >= 11 is 0. The maximum atomic E-state index is 13.1. The highest BCUT2D eigenvalue weighted by Crippen LogP contribution is 2.26. The Balaban J connectivity index is 0.00000225. The number of rotatable bonds is 4. The molecule has 0 atom stereocenters. The summed E-state index contributed by atoms with van der Waals surface area (Å²) in [4.78, 5) is 17.4. The minimum Gasteiger partial charge on any atom is -0.337 e. The number of fused-ring (bicyclic) bond motifs is 1. The molecule has 2 aliphatic heterocycles. The first-order valence-electron chi connectivity index (χ1n) is 10.1. The van der Waals surface area contributed by atoms with Gasteiger partial charge in [-0.25, -0.2) is 4.39 Å². The standard InChI is InChI=1S/C23H27FN2O.ClH/c24-21-8-5-18(6-9-21)19-7-10-22-20(17-19)11-14-26(23(22)27)16-15-25-12-3-1-2-4-13-25;/h5-10,17H,1-4,11-16H2;1H. The molecule has 4 rings (SSSR count). The summed E-state index contributed by atoms with van der Waals surface area (Å²) < 4.78 is 13.1. The van der Waals surface area contributed by atoms with Crippen LogP contribution in [0.4, 0.5) is 4.39 Å². The Kier molecular flexibility index (Phi) is 7.08. The van der Waals surface area contributed by atoms with Crippen molar-refractivity contribution in [2.75, 3.05) is 32.7 Å². The van der Waals surface area contributed by atoms with Crippen LogP contribution >= 0.6 is 12.4 Å². The van der Waals surface area contributed by atoms with Gasteiger partial charge < -0.3 is 9.80 Å². The Morgan fingerprint density at radius 1 is 0.821 bits per heavy atom. The van der Waals surface area contributed by atoms with Crippen LogP contribution in [0.25, 0.3) is 11.1 Å². The predicted molar refractivity (Wildman–Crippen MR) is 114 cm³/mol. The van der Waals surface area contributed by atoms with Gasteiger partial charge in [-0.1, -0.05) is 37.1 Å². The second-order valence-electron chi connectivity index (χ2n) is 7.68. The van der Waals surface area contributed by atoms with Gasteiger partial charge in [-0.3, -0.25) is 4.79 Å². The molecule has 0 N–H and O–H groups in total. The molecular formula is C23H28ClFN2O. The summed E-state index contributed by atoms with van der Waals surface area (Å²) in [5, 5.41) is 0. The lowest BCUT2D eigenvalue weighted by Gasteiger charge is -2.31. The van der Waals surface area contributed by atoms with E-state index in [0.717, 1.165) is 48.3 Å². The lowest BCUT2D eigenvalue weighted by atomic mass is 9.94. The summed E-state index contributed by atoms with van der Waals surface area (Å²) in [7, 11) is 0. The van der Waals surface area contributed by atoms with Crippen LogP contribution in [-0.4, -0.2) is 48.4 Å². The Morgan fingerprint density at radius 2 is 1.50 bits per heavy atom. The smallest absolute Gasteiger partial charge is 0.254 e. The molecule has 2 heterocycles. The largest absolute Gasteiger partial charge is 0.337 e. The Labute approximate surface area is 172 Å². The lowest BCUT2D eigenvalue weighted by molar-refractivity contribution is 0.0719. The number of likely N-dealkylation sites (tertiary alicyclic amines) is 1. The second-order valence-corrected chi connectivity index (χ2v) is 7.68. The average molecular weight is 403 g/mol. The number of halogens is 2. The summed E-state index contributed by atoms with van der Waals surface area (Å²) in [6.45, 7) is 4.92. The van der Waals surface area contributed by atoms with Crippen LogP contribution in [0.5, 0.6) is 0 Å². The SMILES string of the molecule is Cl.O=C1c2ccc(-c3ccc(F)cc3)cc2CCN1CCN1CCCCCC1. The highest BCUT2D eigenvalue weighted by atomic mass is 35.5. The van der Waals surface area contributed by atoms with Gasteiger partial charge in [0.05, 0.1) is 0 Å². The minimum absolute atomic E-state index is 0. The molecule has 0 bridgehead atoms. The number of benzene rings is 2. The highest BCUT2D eigenvalue weighted by Gasteiger charge is 2.25. The fraction of sp³-hybridized carbons (Fsp3) is 0.435. The topological polar surface area (TPSA) is 23.6 Å². The normalized spacial score (nSPS) is 17.6. The molecule has 0 unspecified atom stereocenters. The Hall–Kier alpha value is -1.91. The van der Waals surface area contributed by atoms with Crippen molar-refractivity contribution in [3.8, 4) is 11.1 Å². The van der Waals surface area contributed by atoms with Crippen molar-refractivity contribution >= 4 is 18.3 Å². The van der Waals surface area contributed by atoms with Gasteiger partial charge in [-0.15, -0.1) is 12.4 Å². The fourth-order valence-corrected chi connectivity index (χ4v) is 4.19. The van der Waals surface area contributed by atoms with Gasteiger partial charge in [-0.05, 0) is 67.2 Å². The van der Waals surface area contributed by atoms with Crippen LogP contribution in [0.3, 0.4) is 0 Å². The number of carbonyl (C=O) groups is 1. The molecule has 0 aliphatic carbocycles. The highest BCUT2D eigenvalue weighted by molar-refractivity contribution is 5.97. The van der Waals surface area contributed by atoms with E-state index in [4.69, 9.17) is 0 Å². The molecule has 0 aromatic heterocycles. The van der Waals surface area contributed by atoms with E-state index >= 15 is 0 Å². The van der Waals surface area contributed by atoms with Crippen LogP contribution in [0.1, 0.15) is 41.6 Å². The van der Waals surface area contributed by atoms with E-state index in [-0.39, 0.29) is 24.1 Å². The molecule has 1 amide bonds. The first-order valence-corrected chi connectivity index (χ1v) is 10.1. The molecule has 3 nitrogen and oxygen atoms in total. The van der Waals surface area contributed by atoms with Gasteiger partial charge in [0.1, 0.15) is 5.82 Å². The number of amides is 1. The van der Waals surface area contributed by atoms with Gasteiger partial charge in [0.2, 0.25) is 0 Å². The van der Waals surface area contributed by atoms with Crippen LogP contribution < -0.4 is 0 Å². The van der Waals surface area contributed by atoms with E-state index in [2.05, 4.69) is 11.0 Å². The van der Waals surface area contributed by atoms with Gasteiger partial charge >= 0.3 is 0 Å². The molecule has 2 aliphatic rings. The monoisotopic (exact) mass is 402 g/mol. The van der Waals surface area contributed by atoms with Gasteiger partial charge in [0.25, 0.3) is 5.91 Å². The van der Waals surface area contributed by atoms with Crippen molar-refractivity contribution in [3.63, 3.8) is 0 Å². The maximum absolute atomic E-state index is 13.1. The molecule has 0 radical (unpaired) electrons. The summed E-state index contributed by atoms with van der Waals surface area (Å²) in [5.41, 5.74) is 3.95.